The molecule has 60 valence electrons. The van der Waals surface area contributed by atoms with Gasteiger partial charge in [0.15, 0.2) is 0 Å². The van der Waals surface area contributed by atoms with E-state index in [1.807, 2.05) is 0 Å². The van der Waals surface area contributed by atoms with Gasteiger partial charge < -0.3 is 5.11 Å². The predicted molar refractivity (Wildman–Crippen MR) is 42.9 cm³/mol. The van der Waals surface area contributed by atoms with Crippen LogP contribution in [0.5, 0.6) is 0 Å². The molecule has 1 heteroatoms. The molecule has 0 radical (unpaired) electrons. The van der Waals surface area contributed by atoms with Crippen LogP contribution in [-0.4, -0.2) is 11.2 Å². The highest BCUT2D eigenvalue weighted by Gasteiger charge is 2.34. The second-order valence-corrected chi connectivity index (χ2v) is 3.79. The maximum atomic E-state index is 9.62. The van der Waals surface area contributed by atoms with Crippen LogP contribution >= 0.6 is 0 Å². The van der Waals surface area contributed by atoms with E-state index in [-0.39, 0.29) is 11.5 Å². The first-order valence-electron chi connectivity index (χ1n) is 4.37. The van der Waals surface area contributed by atoms with Crippen LogP contribution < -0.4 is 0 Å². The fraction of sp³-hybridized carbons (Fsp3) is 1.00. The number of hydrogen-bond acceptors (Lipinski definition) is 1. The van der Waals surface area contributed by atoms with Gasteiger partial charge in [0.1, 0.15) is 0 Å². The van der Waals surface area contributed by atoms with E-state index in [2.05, 4.69) is 13.8 Å². The number of aliphatic hydroxyl groups excluding tert-OH is 1. The summed E-state index contributed by atoms with van der Waals surface area (Å²) in [6.07, 6.45) is 5.93. The van der Waals surface area contributed by atoms with Gasteiger partial charge in [0.2, 0.25) is 0 Å². The molecule has 0 aromatic carbocycles. The zero-order valence-corrected chi connectivity index (χ0v) is 7.06. The van der Waals surface area contributed by atoms with Crippen LogP contribution in [0.2, 0.25) is 0 Å². The van der Waals surface area contributed by atoms with Crippen molar-refractivity contribution in [1.82, 2.24) is 0 Å². The van der Waals surface area contributed by atoms with E-state index >= 15 is 0 Å². The van der Waals surface area contributed by atoms with Gasteiger partial charge in [-0.3, -0.25) is 0 Å². The summed E-state index contributed by atoms with van der Waals surface area (Å²) in [4.78, 5) is 0. The van der Waals surface area contributed by atoms with Gasteiger partial charge in [0.25, 0.3) is 0 Å². The van der Waals surface area contributed by atoms with Crippen LogP contribution in [0.4, 0.5) is 0 Å². The molecular formula is C9H18O. The monoisotopic (exact) mass is 142 g/mol. The van der Waals surface area contributed by atoms with Gasteiger partial charge in [0, 0.05) is 0 Å². The summed E-state index contributed by atoms with van der Waals surface area (Å²) in [5, 5.41) is 9.62. The zero-order valence-electron chi connectivity index (χ0n) is 7.06. The standard InChI is InChI=1S/C9H18O/c1-3-8(10)9(2)6-4-5-7-9/h8,10H,3-7H2,1-2H3/t8-/m1/s1. The maximum absolute atomic E-state index is 9.62. The average molecular weight is 142 g/mol. The highest BCUT2D eigenvalue weighted by atomic mass is 16.3. The average Bonchev–Trinajstić information content (AvgIpc) is 2.36. The Hall–Kier alpha value is -0.0400. The molecule has 0 aromatic rings. The molecule has 0 spiro atoms. The highest BCUT2D eigenvalue weighted by Crippen LogP contribution is 2.41. The Morgan fingerprint density at radius 3 is 2.30 bits per heavy atom. The van der Waals surface area contributed by atoms with Crippen LogP contribution in [0.25, 0.3) is 0 Å². The third-order valence-electron chi connectivity index (χ3n) is 2.94. The van der Waals surface area contributed by atoms with Crippen molar-refractivity contribution < 1.29 is 5.11 Å². The van der Waals surface area contributed by atoms with E-state index in [0.29, 0.717) is 0 Å². The SMILES string of the molecule is CC[C@@H](O)C1(C)CCCC1. The summed E-state index contributed by atoms with van der Waals surface area (Å²) in [6.45, 7) is 4.28. The van der Waals surface area contributed by atoms with E-state index in [1.165, 1.54) is 25.7 Å². The molecule has 0 aliphatic heterocycles. The van der Waals surface area contributed by atoms with E-state index in [0.717, 1.165) is 6.42 Å². The van der Waals surface area contributed by atoms with Crippen molar-refractivity contribution in [2.75, 3.05) is 0 Å². The van der Waals surface area contributed by atoms with E-state index in [1.54, 1.807) is 0 Å². The molecule has 0 aromatic heterocycles. The van der Waals surface area contributed by atoms with Gasteiger partial charge in [0.05, 0.1) is 6.10 Å². The van der Waals surface area contributed by atoms with Crippen molar-refractivity contribution in [3.8, 4) is 0 Å². The summed E-state index contributed by atoms with van der Waals surface area (Å²) in [7, 11) is 0. The molecule has 1 aliphatic rings. The van der Waals surface area contributed by atoms with E-state index < -0.39 is 0 Å². The Balaban J connectivity index is 2.49. The van der Waals surface area contributed by atoms with Crippen LogP contribution in [0, 0.1) is 5.41 Å². The van der Waals surface area contributed by atoms with Gasteiger partial charge in [-0.2, -0.15) is 0 Å². The maximum Gasteiger partial charge on any atom is 0.0591 e. The molecule has 1 rings (SSSR count). The molecule has 1 nitrogen and oxygen atoms in total. The Morgan fingerprint density at radius 1 is 1.40 bits per heavy atom. The Morgan fingerprint density at radius 2 is 1.90 bits per heavy atom. The van der Waals surface area contributed by atoms with Gasteiger partial charge in [-0.05, 0) is 24.7 Å². The minimum atomic E-state index is -0.0602. The molecule has 1 N–H and O–H groups in total. The summed E-state index contributed by atoms with van der Waals surface area (Å²) in [5.41, 5.74) is 0.259. The summed E-state index contributed by atoms with van der Waals surface area (Å²) in [6, 6.07) is 0. The predicted octanol–water partition coefficient (Wildman–Crippen LogP) is 2.34. The lowest BCUT2D eigenvalue weighted by molar-refractivity contribution is 0.0391. The number of aliphatic hydroxyl groups is 1. The second-order valence-electron chi connectivity index (χ2n) is 3.79. The van der Waals surface area contributed by atoms with Gasteiger partial charge in [-0.1, -0.05) is 26.7 Å². The third kappa shape index (κ3) is 1.34. The number of rotatable bonds is 2. The molecule has 1 saturated carbocycles. The van der Waals surface area contributed by atoms with Crippen molar-refractivity contribution in [2.24, 2.45) is 5.41 Å². The molecular weight excluding hydrogens is 124 g/mol. The highest BCUT2D eigenvalue weighted by molar-refractivity contribution is 4.85. The molecule has 0 amide bonds. The van der Waals surface area contributed by atoms with Crippen LogP contribution in [0.15, 0.2) is 0 Å². The summed E-state index contributed by atoms with van der Waals surface area (Å²) in [5.74, 6) is 0. The fourth-order valence-corrected chi connectivity index (χ4v) is 2.01. The minimum absolute atomic E-state index is 0.0602. The Bertz CT molecular complexity index is 103. The lowest BCUT2D eigenvalue weighted by Crippen LogP contribution is -2.28. The first-order chi connectivity index (χ1) is 4.69. The van der Waals surface area contributed by atoms with Crippen molar-refractivity contribution in [3.63, 3.8) is 0 Å². The van der Waals surface area contributed by atoms with Crippen molar-refractivity contribution in [1.29, 1.82) is 0 Å². The molecule has 1 fully saturated rings. The normalized spacial score (nSPS) is 26.7. The summed E-state index contributed by atoms with van der Waals surface area (Å²) >= 11 is 0. The largest absolute Gasteiger partial charge is 0.393 e. The number of hydrogen-bond donors (Lipinski definition) is 1. The molecule has 1 aliphatic carbocycles. The zero-order chi connectivity index (χ0) is 7.61. The van der Waals surface area contributed by atoms with Crippen molar-refractivity contribution in [3.05, 3.63) is 0 Å². The van der Waals surface area contributed by atoms with Gasteiger partial charge in [-0.25, -0.2) is 0 Å². The fourth-order valence-electron chi connectivity index (χ4n) is 2.01. The molecule has 10 heavy (non-hydrogen) atoms. The molecule has 0 bridgehead atoms. The Kier molecular flexibility index (Phi) is 2.35. The quantitative estimate of drug-likeness (QED) is 0.627. The summed E-state index contributed by atoms with van der Waals surface area (Å²) < 4.78 is 0. The topological polar surface area (TPSA) is 20.2 Å². The lowest BCUT2D eigenvalue weighted by atomic mass is 9.81. The molecule has 0 unspecified atom stereocenters. The lowest BCUT2D eigenvalue weighted by Gasteiger charge is -2.28. The van der Waals surface area contributed by atoms with Gasteiger partial charge in [-0.15, -0.1) is 0 Å². The van der Waals surface area contributed by atoms with Crippen LogP contribution in [0.3, 0.4) is 0 Å². The third-order valence-corrected chi connectivity index (χ3v) is 2.94. The van der Waals surface area contributed by atoms with E-state index in [4.69, 9.17) is 0 Å². The molecule has 0 saturated heterocycles. The smallest absolute Gasteiger partial charge is 0.0591 e. The second kappa shape index (κ2) is 2.91. The molecule has 0 heterocycles. The Labute approximate surface area is 63.4 Å². The first-order valence-corrected chi connectivity index (χ1v) is 4.37. The van der Waals surface area contributed by atoms with Gasteiger partial charge >= 0.3 is 0 Å². The molecule has 1 atom stereocenters. The van der Waals surface area contributed by atoms with Crippen molar-refractivity contribution in [2.45, 2.75) is 52.1 Å². The van der Waals surface area contributed by atoms with E-state index in [9.17, 15) is 5.11 Å². The van der Waals surface area contributed by atoms with Crippen LogP contribution in [0.1, 0.15) is 46.0 Å². The first kappa shape index (κ1) is 8.06. The van der Waals surface area contributed by atoms with Crippen LogP contribution in [-0.2, 0) is 0 Å². The van der Waals surface area contributed by atoms with Crippen molar-refractivity contribution >= 4 is 0 Å². The minimum Gasteiger partial charge on any atom is -0.393 e.